The van der Waals surface area contributed by atoms with Crippen molar-refractivity contribution >= 4 is 17.4 Å². The molecule has 0 spiro atoms. The van der Waals surface area contributed by atoms with E-state index in [0.717, 1.165) is 17.5 Å². The van der Waals surface area contributed by atoms with Crippen LogP contribution in [-0.2, 0) is 16.1 Å². The Bertz CT molecular complexity index is 1270. The largest absolute Gasteiger partial charge is 0.507 e. The van der Waals surface area contributed by atoms with Crippen LogP contribution in [0.25, 0.3) is 5.76 Å². The summed E-state index contributed by atoms with van der Waals surface area (Å²) in [5, 5.41) is 11.3. The molecule has 0 radical (unpaired) electrons. The molecule has 0 aliphatic carbocycles. The number of likely N-dealkylation sites (tertiary alicyclic amines) is 1. The fourth-order valence-electron chi connectivity index (χ4n) is 4.23. The molecule has 1 aliphatic heterocycles. The smallest absolute Gasteiger partial charge is 0.295 e. The van der Waals surface area contributed by atoms with Crippen LogP contribution in [0.5, 0.6) is 11.5 Å². The molecular weight excluding hydrogens is 444 g/mol. The minimum atomic E-state index is -0.763. The Kier molecular flexibility index (Phi) is 7.15. The molecule has 0 bridgehead atoms. The second kappa shape index (κ2) is 10.4. The Morgan fingerprint density at radius 2 is 1.86 bits per heavy atom. The normalized spacial score (nSPS) is 17.0. The number of ketones is 1. The van der Waals surface area contributed by atoms with Gasteiger partial charge in [-0.3, -0.25) is 14.6 Å². The number of hydrogen-bond donors (Lipinski definition) is 1. The lowest BCUT2D eigenvalue weighted by Crippen LogP contribution is -2.29. The van der Waals surface area contributed by atoms with E-state index in [1.54, 1.807) is 49.8 Å². The highest BCUT2D eigenvalue weighted by molar-refractivity contribution is 6.46. The van der Waals surface area contributed by atoms with E-state index in [0.29, 0.717) is 29.2 Å². The van der Waals surface area contributed by atoms with Crippen LogP contribution in [-0.4, -0.2) is 40.4 Å². The van der Waals surface area contributed by atoms with Crippen LogP contribution in [0.4, 0.5) is 0 Å². The van der Waals surface area contributed by atoms with Crippen LogP contribution < -0.4 is 9.47 Å². The van der Waals surface area contributed by atoms with Gasteiger partial charge in [-0.2, -0.15) is 0 Å². The maximum Gasteiger partial charge on any atom is 0.295 e. The summed E-state index contributed by atoms with van der Waals surface area (Å²) in [6, 6.07) is 15.3. The van der Waals surface area contributed by atoms with Crippen molar-refractivity contribution in [3.63, 3.8) is 0 Å². The van der Waals surface area contributed by atoms with Gasteiger partial charge in [-0.25, -0.2) is 0 Å². The zero-order valence-corrected chi connectivity index (χ0v) is 20.0. The highest BCUT2D eigenvalue weighted by Gasteiger charge is 2.46. The minimum Gasteiger partial charge on any atom is -0.507 e. The Morgan fingerprint density at radius 3 is 2.54 bits per heavy atom. The summed E-state index contributed by atoms with van der Waals surface area (Å²) < 4.78 is 11.0. The third kappa shape index (κ3) is 4.89. The minimum absolute atomic E-state index is 0.0470. The van der Waals surface area contributed by atoms with Gasteiger partial charge in [0.2, 0.25) is 0 Å². The first-order valence-electron chi connectivity index (χ1n) is 11.5. The van der Waals surface area contributed by atoms with Crippen molar-refractivity contribution in [2.75, 3.05) is 13.7 Å². The third-order valence-electron chi connectivity index (χ3n) is 5.96. The predicted octanol–water partition coefficient (Wildman–Crippen LogP) is 4.81. The second-order valence-electron chi connectivity index (χ2n) is 8.39. The Hall–Kier alpha value is -4.13. The van der Waals surface area contributed by atoms with Crippen molar-refractivity contribution in [1.82, 2.24) is 9.88 Å². The first-order valence-corrected chi connectivity index (χ1v) is 11.5. The van der Waals surface area contributed by atoms with Crippen molar-refractivity contribution in [1.29, 1.82) is 0 Å². The lowest BCUT2D eigenvalue weighted by molar-refractivity contribution is -0.140. The number of aliphatic hydroxyl groups is 1. The average molecular weight is 473 g/mol. The highest BCUT2D eigenvalue weighted by Crippen LogP contribution is 2.40. The quantitative estimate of drug-likeness (QED) is 0.288. The topological polar surface area (TPSA) is 89.0 Å². The van der Waals surface area contributed by atoms with Crippen molar-refractivity contribution in [2.24, 2.45) is 0 Å². The Balaban J connectivity index is 1.79. The average Bonchev–Trinajstić information content (AvgIpc) is 3.13. The first kappa shape index (κ1) is 24.0. The molecule has 1 amide bonds. The summed E-state index contributed by atoms with van der Waals surface area (Å²) >= 11 is 0. The molecule has 1 N–H and O–H groups in total. The molecule has 2 aromatic carbocycles. The molecule has 1 aromatic heterocycles. The fourth-order valence-corrected chi connectivity index (χ4v) is 4.23. The molecule has 3 aromatic rings. The van der Waals surface area contributed by atoms with E-state index in [-0.39, 0.29) is 17.9 Å². The monoisotopic (exact) mass is 472 g/mol. The molecule has 1 fully saturated rings. The van der Waals surface area contributed by atoms with Gasteiger partial charge in [0.25, 0.3) is 11.7 Å². The van der Waals surface area contributed by atoms with E-state index < -0.39 is 17.7 Å². The van der Waals surface area contributed by atoms with E-state index in [1.165, 1.54) is 4.90 Å². The second-order valence-corrected chi connectivity index (χ2v) is 8.39. The summed E-state index contributed by atoms with van der Waals surface area (Å²) in [5.74, 6) is -0.247. The predicted molar refractivity (Wildman–Crippen MR) is 132 cm³/mol. The molecule has 180 valence electrons. The number of carbonyl (C=O) groups is 2. The van der Waals surface area contributed by atoms with E-state index in [2.05, 4.69) is 4.98 Å². The maximum atomic E-state index is 13.2. The van der Waals surface area contributed by atoms with Gasteiger partial charge < -0.3 is 19.5 Å². The molecule has 1 unspecified atom stereocenters. The van der Waals surface area contributed by atoms with Crippen LogP contribution in [0.3, 0.4) is 0 Å². The maximum absolute atomic E-state index is 13.2. The van der Waals surface area contributed by atoms with Gasteiger partial charge >= 0.3 is 0 Å². The number of aryl methyl sites for hydroxylation is 1. The van der Waals surface area contributed by atoms with E-state index in [4.69, 9.17) is 9.47 Å². The number of rotatable bonds is 8. The third-order valence-corrected chi connectivity index (χ3v) is 5.96. The Labute approximate surface area is 204 Å². The number of hydrogen-bond acceptors (Lipinski definition) is 6. The molecular formula is C28H28N2O5. The molecule has 7 heteroatoms. The van der Waals surface area contributed by atoms with Crippen LogP contribution in [0.15, 0.2) is 72.6 Å². The van der Waals surface area contributed by atoms with Gasteiger partial charge in [-0.15, -0.1) is 0 Å². The molecule has 1 aliphatic rings. The van der Waals surface area contributed by atoms with Crippen LogP contribution in [0.1, 0.15) is 41.6 Å². The number of amides is 1. The number of nitrogens with zero attached hydrogens (tertiary/aromatic N) is 2. The van der Waals surface area contributed by atoms with E-state index >= 15 is 0 Å². The highest BCUT2D eigenvalue weighted by atomic mass is 16.5. The SMILES string of the molecule is CCCOc1ccc(/C(O)=C2/C(=O)C(=O)N(Cc3cccc(OC)c3)C2c2ccncc2)cc1C. The van der Waals surface area contributed by atoms with Crippen LogP contribution in [0.2, 0.25) is 0 Å². The van der Waals surface area contributed by atoms with Gasteiger partial charge in [0.1, 0.15) is 17.3 Å². The summed E-state index contributed by atoms with van der Waals surface area (Å²) in [5.41, 5.74) is 2.81. The lowest BCUT2D eigenvalue weighted by atomic mass is 9.95. The first-order chi connectivity index (χ1) is 16.9. The molecule has 35 heavy (non-hydrogen) atoms. The molecule has 2 heterocycles. The number of pyridine rings is 1. The zero-order valence-electron chi connectivity index (χ0n) is 20.0. The molecule has 4 rings (SSSR count). The van der Waals surface area contributed by atoms with E-state index in [1.807, 2.05) is 38.1 Å². The van der Waals surface area contributed by atoms with Crippen LogP contribution in [0, 0.1) is 6.92 Å². The number of carbonyl (C=O) groups excluding carboxylic acids is 2. The molecule has 7 nitrogen and oxygen atoms in total. The van der Waals surface area contributed by atoms with Crippen molar-refractivity contribution in [3.05, 3.63) is 94.8 Å². The van der Waals surface area contributed by atoms with Crippen molar-refractivity contribution in [3.8, 4) is 11.5 Å². The fraction of sp³-hybridized carbons (Fsp3) is 0.250. The van der Waals surface area contributed by atoms with E-state index in [9.17, 15) is 14.7 Å². The van der Waals surface area contributed by atoms with Gasteiger partial charge in [-0.05, 0) is 72.5 Å². The van der Waals surface area contributed by atoms with Gasteiger partial charge in [0.15, 0.2) is 0 Å². The number of methoxy groups -OCH3 is 1. The lowest BCUT2D eigenvalue weighted by Gasteiger charge is -2.25. The Morgan fingerprint density at radius 1 is 1.09 bits per heavy atom. The van der Waals surface area contributed by atoms with Crippen molar-refractivity contribution in [2.45, 2.75) is 32.9 Å². The molecule has 1 saturated heterocycles. The van der Waals surface area contributed by atoms with Crippen molar-refractivity contribution < 1.29 is 24.2 Å². The number of Topliss-reactive ketones (excluding diaryl/α,β-unsaturated/α-hetero) is 1. The zero-order chi connectivity index (χ0) is 24.9. The van der Waals surface area contributed by atoms with Crippen LogP contribution >= 0.6 is 0 Å². The number of benzene rings is 2. The summed E-state index contributed by atoms with van der Waals surface area (Å²) in [6.07, 6.45) is 4.08. The standard InChI is InChI=1S/C28H28N2O5/c1-4-14-35-23-9-8-21(15-18(23)2)26(31)24-25(20-10-12-29-13-11-20)30(28(33)27(24)32)17-19-6-5-7-22(16-19)34-3/h5-13,15-16,25,31H,4,14,17H2,1-3H3/b26-24-. The summed E-state index contributed by atoms with van der Waals surface area (Å²) in [6.45, 7) is 4.67. The summed E-state index contributed by atoms with van der Waals surface area (Å²) in [7, 11) is 1.57. The summed E-state index contributed by atoms with van der Waals surface area (Å²) in [4.78, 5) is 32.0. The van der Waals surface area contributed by atoms with Gasteiger partial charge in [0.05, 0.1) is 25.3 Å². The molecule has 0 saturated carbocycles. The number of aromatic nitrogens is 1. The van der Waals surface area contributed by atoms with Gasteiger partial charge in [-0.1, -0.05) is 19.1 Å². The number of ether oxygens (including phenoxy) is 2. The molecule has 1 atom stereocenters. The van der Waals surface area contributed by atoms with Gasteiger partial charge in [0, 0.05) is 24.5 Å². The number of aliphatic hydroxyl groups excluding tert-OH is 1.